The Kier molecular flexibility index (Phi) is 20.5. The van der Waals surface area contributed by atoms with Gasteiger partial charge >= 0.3 is 0 Å². The first-order chi connectivity index (χ1) is 11.2. The number of hydrogen-bond donors (Lipinski definition) is 0. The van der Waals surface area contributed by atoms with Crippen molar-refractivity contribution in [3.05, 3.63) is 0 Å². The summed E-state index contributed by atoms with van der Waals surface area (Å²) in [7, 11) is 0. The van der Waals surface area contributed by atoms with Gasteiger partial charge < -0.3 is 9.47 Å². The van der Waals surface area contributed by atoms with E-state index in [0.29, 0.717) is 8.77 Å². The highest BCUT2D eigenvalue weighted by atomic mass is 32.2. The SMILES string of the molecule is CCCSCCOC(=S)SCCCSC(=S)OCCSCCC. The molecule has 0 saturated heterocycles. The fraction of sp³-hybridized carbons (Fsp3) is 0.867. The molecule has 0 rings (SSSR count). The summed E-state index contributed by atoms with van der Waals surface area (Å²) in [5, 5.41) is 0. The van der Waals surface area contributed by atoms with Gasteiger partial charge in [0.15, 0.2) is 0 Å². The fourth-order valence-electron chi connectivity index (χ4n) is 1.31. The van der Waals surface area contributed by atoms with Gasteiger partial charge in [-0.2, -0.15) is 23.5 Å². The average Bonchev–Trinajstić information content (AvgIpc) is 2.54. The van der Waals surface area contributed by atoms with Crippen molar-refractivity contribution in [2.45, 2.75) is 33.1 Å². The van der Waals surface area contributed by atoms with Crippen molar-refractivity contribution in [3.63, 3.8) is 0 Å². The largest absolute Gasteiger partial charge is 0.478 e. The second-order valence-corrected chi connectivity index (χ2v) is 10.3. The summed E-state index contributed by atoms with van der Waals surface area (Å²) in [4.78, 5) is 0. The summed E-state index contributed by atoms with van der Waals surface area (Å²) < 4.78 is 12.4. The van der Waals surface area contributed by atoms with E-state index in [1.807, 2.05) is 23.5 Å². The molecule has 2 nitrogen and oxygen atoms in total. The van der Waals surface area contributed by atoms with Crippen LogP contribution < -0.4 is 0 Å². The van der Waals surface area contributed by atoms with Crippen LogP contribution in [0, 0.1) is 0 Å². The van der Waals surface area contributed by atoms with Crippen LogP contribution in [-0.4, -0.2) is 56.5 Å². The minimum absolute atomic E-state index is 0.666. The van der Waals surface area contributed by atoms with E-state index >= 15 is 0 Å². The van der Waals surface area contributed by atoms with E-state index in [0.717, 1.165) is 42.6 Å². The van der Waals surface area contributed by atoms with Crippen molar-refractivity contribution in [3.8, 4) is 0 Å². The maximum Gasteiger partial charge on any atom is 0.219 e. The minimum Gasteiger partial charge on any atom is -0.478 e. The fourth-order valence-corrected chi connectivity index (χ4v) is 4.80. The normalized spacial score (nSPS) is 10.5. The second-order valence-electron chi connectivity index (χ2n) is 4.47. The van der Waals surface area contributed by atoms with Gasteiger partial charge in [-0.05, 0) is 55.2 Å². The molecule has 0 radical (unpaired) electrons. The standard InChI is InChI=1S/C15H28O2S6/c1-3-8-20-12-6-16-14(18)22-10-5-11-23-15(19)17-7-13-21-9-4-2/h3-13H2,1-2H3. The molecule has 0 amide bonds. The van der Waals surface area contributed by atoms with E-state index < -0.39 is 0 Å². The molecule has 0 aromatic carbocycles. The molecular formula is C15H28O2S6. The molecule has 0 spiro atoms. The molecule has 0 aliphatic carbocycles. The van der Waals surface area contributed by atoms with Crippen LogP contribution in [0.5, 0.6) is 0 Å². The Morgan fingerprint density at radius 2 is 1.13 bits per heavy atom. The molecule has 0 bridgehead atoms. The Bertz CT molecular complexity index is 274. The summed E-state index contributed by atoms with van der Waals surface area (Å²) in [6.45, 7) is 5.82. The van der Waals surface area contributed by atoms with Crippen molar-refractivity contribution in [2.75, 3.05) is 47.7 Å². The Hall–Kier alpha value is 1.18. The third-order valence-corrected chi connectivity index (χ3v) is 7.26. The quantitative estimate of drug-likeness (QED) is 0.252. The maximum atomic E-state index is 5.52. The molecule has 0 fully saturated rings. The summed E-state index contributed by atoms with van der Waals surface area (Å²) >= 11 is 17.5. The van der Waals surface area contributed by atoms with Gasteiger partial charge in [-0.3, -0.25) is 0 Å². The molecule has 0 aliphatic heterocycles. The predicted octanol–water partition coefficient (Wildman–Crippen LogP) is 5.73. The van der Waals surface area contributed by atoms with Crippen LogP contribution in [0.1, 0.15) is 33.1 Å². The molecule has 0 aliphatic rings. The van der Waals surface area contributed by atoms with E-state index in [4.69, 9.17) is 33.9 Å². The van der Waals surface area contributed by atoms with Crippen molar-refractivity contribution in [1.29, 1.82) is 0 Å². The van der Waals surface area contributed by atoms with Crippen LogP contribution in [0.2, 0.25) is 0 Å². The van der Waals surface area contributed by atoms with Gasteiger partial charge in [-0.15, -0.1) is 0 Å². The first-order valence-electron chi connectivity index (χ1n) is 7.95. The highest BCUT2D eigenvalue weighted by Gasteiger charge is 2.02. The van der Waals surface area contributed by atoms with E-state index in [1.54, 1.807) is 23.5 Å². The Labute approximate surface area is 169 Å². The van der Waals surface area contributed by atoms with Gasteiger partial charge in [0.2, 0.25) is 8.77 Å². The van der Waals surface area contributed by atoms with Crippen molar-refractivity contribution in [1.82, 2.24) is 0 Å². The lowest BCUT2D eigenvalue weighted by Gasteiger charge is -2.08. The average molecular weight is 433 g/mol. The predicted molar refractivity (Wildman–Crippen MR) is 122 cm³/mol. The van der Waals surface area contributed by atoms with Gasteiger partial charge in [-0.25, -0.2) is 0 Å². The van der Waals surface area contributed by atoms with Crippen molar-refractivity contribution < 1.29 is 9.47 Å². The molecule has 0 saturated carbocycles. The maximum absolute atomic E-state index is 5.52. The molecule has 0 aromatic rings. The Morgan fingerprint density at radius 3 is 1.52 bits per heavy atom. The zero-order valence-electron chi connectivity index (χ0n) is 14.0. The minimum atomic E-state index is 0.666. The van der Waals surface area contributed by atoms with E-state index in [9.17, 15) is 0 Å². The molecule has 0 N–H and O–H groups in total. The van der Waals surface area contributed by atoms with Crippen LogP contribution in [0.3, 0.4) is 0 Å². The number of thioether (sulfide) groups is 4. The third kappa shape index (κ3) is 19.4. The highest BCUT2D eigenvalue weighted by molar-refractivity contribution is 8.23. The molecule has 23 heavy (non-hydrogen) atoms. The molecule has 136 valence electrons. The van der Waals surface area contributed by atoms with Gasteiger partial charge in [0.05, 0.1) is 13.2 Å². The van der Waals surface area contributed by atoms with Crippen LogP contribution in [0.4, 0.5) is 0 Å². The molecule has 8 heteroatoms. The number of hydrogen-bond acceptors (Lipinski definition) is 8. The van der Waals surface area contributed by atoms with Crippen LogP contribution in [0.25, 0.3) is 0 Å². The van der Waals surface area contributed by atoms with Crippen LogP contribution in [0.15, 0.2) is 0 Å². The van der Waals surface area contributed by atoms with Gasteiger partial charge in [-0.1, -0.05) is 37.4 Å². The van der Waals surface area contributed by atoms with Crippen molar-refractivity contribution in [2.24, 2.45) is 0 Å². The van der Waals surface area contributed by atoms with Gasteiger partial charge in [0.1, 0.15) is 0 Å². The zero-order chi connectivity index (χ0) is 17.2. The van der Waals surface area contributed by atoms with Gasteiger partial charge in [0.25, 0.3) is 0 Å². The number of ether oxygens (including phenoxy) is 2. The van der Waals surface area contributed by atoms with Gasteiger partial charge in [0, 0.05) is 23.0 Å². The second kappa shape index (κ2) is 19.5. The molecule has 0 aromatic heterocycles. The van der Waals surface area contributed by atoms with E-state index in [1.165, 1.54) is 24.3 Å². The monoisotopic (exact) mass is 432 g/mol. The molecular weight excluding hydrogens is 405 g/mol. The lowest BCUT2D eigenvalue weighted by atomic mass is 10.6. The molecule has 0 heterocycles. The summed E-state index contributed by atoms with van der Waals surface area (Å²) in [6.07, 6.45) is 3.48. The van der Waals surface area contributed by atoms with Crippen molar-refractivity contribution >= 4 is 80.2 Å². The summed E-state index contributed by atoms with van der Waals surface area (Å²) in [5.41, 5.74) is 0. The highest BCUT2D eigenvalue weighted by Crippen LogP contribution is 2.14. The number of thiocarbonyl (C=S) groups is 2. The summed E-state index contributed by atoms with van der Waals surface area (Å²) in [6, 6.07) is 0. The topological polar surface area (TPSA) is 18.5 Å². The lowest BCUT2D eigenvalue weighted by Crippen LogP contribution is -2.04. The Balaban J connectivity index is 3.30. The Morgan fingerprint density at radius 1 is 0.696 bits per heavy atom. The number of rotatable bonds is 14. The first-order valence-corrected chi connectivity index (χ1v) is 13.0. The zero-order valence-corrected chi connectivity index (χ0v) is 18.9. The summed E-state index contributed by atoms with van der Waals surface area (Å²) in [5.74, 6) is 6.38. The molecule has 0 unspecified atom stereocenters. The van der Waals surface area contributed by atoms with Crippen LogP contribution >= 0.6 is 71.5 Å². The lowest BCUT2D eigenvalue weighted by molar-refractivity contribution is 0.350. The third-order valence-electron chi connectivity index (χ3n) is 2.32. The first kappa shape index (κ1) is 24.2. The molecule has 0 atom stereocenters. The van der Waals surface area contributed by atoms with Crippen LogP contribution in [-0.2, 0) is 9.47 Å². The van der Waals surface area contributed by atoms with E-state index in [2.05, 4.69) is 13.8 Å². The van der Waals surface area contributed by atoms with E-state index in [-0.39, 0.29) is 0 Å². The smallest absolute Gasteiger partial charge is 0.219 e.